The molecule has 0 aromatic heterocycles. The van der Waals surface area contributed by atoms with E-state index in [0.29, 0.717) is 12.3 Å². The molecule has 0 spiro atoms. The van der Waals surface area contributed by atoms with Gasteiger partial charge in [-0.15, -0.1) is 0 Å². The molecule has 3 amide bonds. The molecule has 0 aliphatic carbocycles. The van der Waals surface area contributed by atoms with Gasteiger partial charge in [0.1, 0.15) is 24.8 Å². The average Bonchev–Trinajstić information content (AvgIpc) is 3.75. The Bertz CT molecular complexity index is 1290. The van der Waals surface area contributed by atoms with E-state index in [-0.39, 0.29) is 37.2 Å². The standard InChI is InChI=1S/C34H41N3O5/c1-23(2)19-30-31(42-30)28(20-25-13-7-4-8-14-25)36-32(38)24(3)35-33(39)29(21-26-15-9-5-10-16-26)37-34(40)41-22-27-17-11-6-12-18-27/h4-18,23-24,28-31H,19-22H2,1-3H3,(H,35,39)(H,36,38)(H,37,40)/t24?,28-,29?,30?,31+/m0/s1. The molecule has 1 heterocycles. The first-order chi connectivity index (χ1) is 20.3. The molecule has 3 aromatic rings. The highest BCUT2D eigenvalue weighted by Crippen LogP contribution is 2.32. The van der Waals surface area contributed by atoms with Crippen LogP contribution in [0.2, 0.25) is 0 Å². The van der Waals surface area contributed by atoms with E-state index < -0.39 is 24.1 Å². The molecule has 1 saturated heterocycles. The number of amides is 3. The van der Waals surface area contributed by atoms with E-state index in [2.05, 4.69) is 29.8 Å². The van der Waals surface area contributed by atoms with Crippen LogP contribution in [0.25, 0.3) is 0 Å². The van der Waals surface area contributed by atoms with Crippen molar-refractivity contribution < 1.29 is 23.9 Å². The van der Waals surface area contributed by atoms with Crippen LogP contribution in [-0.2, 0) is 38.5 Å². The number of hydrogen-bond acceptors (Lipinski definition) is 5. The summed E-state index contributed by atoms with van der Waals surface area (Å²) in [7, 11) is 0. The molecule has 5 atom stereocenters. The first-order valence-electron chi connectivity index (χ1n) is 14.6. The second-order valence-corrected chi connectivity index (χ2v) is 11.3. The molecule has 42 heavy (non-hydrogen) atoms. The molecule has 222 valence electrons. The van der Waals surface area contributed by atoms with Gasteiger partial charge in [-0.1, -0.05) is 105 Å². The minimum atomic E-state index is -0.937. The van der Waals surface area contributed by atoms with Crippen LogP contribution in [0.5, 0.6) is 0 Å². The van der Waals surface area contributed by atoms with Gasteiger partial charge in [-0.05, 0) is 42.4 Å². The summed E-state index contributed by atoms with van der Waals surface area (Å²) >= 11 is 0. The molecule has 0 radical (unpaired) electrons. The fraction of sp³-hybridized carbons (Fsp3) is 0.382. The van der Waals surface area contributed by atoms with Crippen molar-refractivity contribution in [2.24, 2.45) is 5.92 Å². The summed E-state index contributed by atoms with van der Waals surface area (Å²) in [4.78, 5) is 39.3. The molecule has 4 rings (SSSR count). The summed E-state index contributed by atoms with van der Waals surface area (Å²) in [5, 5.41) is 8.58. The molecule has 8 heteroatoms. The lowest BCUT2D eigenvalue weighted by Crippen LogP contribution is -2.55. The first kappa shape index (κ1) is 30.8. The van der Waals surface area contributed by atoms with E-state index in [1.54, 1.807) is 6.92 Å². The molecule has 3 aromatic carbocycles. The Morgan fingerprint density at radius 3 is 1.83 bits per heavy atom. The van der Waals surface area contributed by atoms with Crippen molar-refractivity contribution in [3.63, 3.8) is 0 Å². The topological polar surface area (TPSA) is 109 Å². The summed E-state index contributed by atoms with van der Waals surface area (Å²) < 4.78 is 11.3. The lowest BCUT2D eigenvalue weighted by molar-refractivity contribution is -0.130. The lowest BCUT2D eigenvalue weighted by atomic mass is 9.98. The van der Waals surface area contributed by atoms with Gasteiger partial charge < -0.3 is 25.4 Å². The molecule has 0 saturated carbocycles. The van der Waals surface area contributed by atoms with Crippen molar-refractivity contribution in [3.05, 3.63) is 108 Å². The van der Waals surface area contributed by atoms with Crippen LogP contribution in [0, 0.1) is 5.92 Å². The van der Waals surface area contributed by atoms with Crippen LogP contribution in [0.15, 0.2) is 91.0 Å². The zero-order chi connectivity index (χ0) is 29.9. The van der Waals surface area contributed by atoms with Crippen molar-refractivity contribution in [3.8, 4) is 0 Å². The Balaban J connectivity index is 1.38. The SMILES string of the molecule is CC(C)CC1O[C@@H]1[C@H](Cc1ccccc1)NC(=O)C(C)NC(=O)C(Cc1ccccc1)NC(=O)OCc1ccccc1. The number of carbonyl (C=O) groups excluding carboxylic acids is 3. The molecule has 8 nitrogen and oxygen atoms in total. The Morgan fingerprint density at radius 2 is 1.26 bits per heavy atom. The number of ether oxygens (including phenoxy) is 2. The number of benzene rings is 3. The van der Waals surface area contributed by atoms with Crippen molar-refractivity contribution in [1.82, 2.24) is 16.0 Å². The van der Waals surface area contributed by atoms with Gasteiger partial charge in [0.15, 0.2) is 0 Å². The van der Waals surface area contributed by atoms with Gasteiger partial charge in [0, 0.05) is 6.42 Å². The van der Waals surface area contributed by atoms with Crippen LogP contribution >= 0.6 is 0 Å². The van der Waals surface area contributed by atoms with Gasteiger partial charge in [0.25, 0.3) is 0 Å². The van der Waals surface area contributed by atoms with Gasteiger partial charge in [0.05, 0.1) is 12.1 Å². The van der Waals surface area contributed by atoms with Crippen LogP contribution in [0.3, 0.4) is 0 Å². The molecular formula is C34H41N3O5. The number of epoxide rings is 1. The normalized spacial score (nSPS) is 17.9. The predicted octanol–water partition coefficient (Wildman–Crippen LogP) is 4.57. The van der Waals surface area contributed by atoms with E-state index in [9.17, 15) is 14.4 Å². The largest absolute Gasteiger partial charge is 0.445 e. The molecule has 1 aliphatic heterocycles. The average molecular weight is 572 g/mol. The Labute approximate surface area is 248 Å². The van der Waals surface area contributed by atoms with Crippen molar-refractivity contribution in [1.29, 1.82) is 0 Å². The number of hydrogen-bond donors (Lipinski definition) is 3. The van der Waals surface area contributed by atoms with Crippen molar-refractivity contribution in [2.45, 2.75) is 77.0 Å². The van der Waals surface area contributed by atoms with Gasteiger partial charge in [-0.2, -0.15) is 0 Å². The predicted molar refractivity (Wildman–Crippen MR) is 161 cm³/mol. The smallest absolute Gasteiger partial charge is 0.408 e. The summed E-state index contributed by atoms with van der Waals surface area (Å²) in [6.07, 6.45) is 1.10. The Morgan fingerprint density at radius 1 is 0.714 bits per heavy atom. The van der Waals surface area contributed by atoms with E-state index in [4.69, 9.17) is 9.47 Å². The third kappa shape index (κ3) is 9.73. The summed E-state index contributed by atoms with van der Waals surface area (Å²) in [6, 6.07) is 26.6. The second-order valence-electron chi connectivity index (χ2n) is 11.3. The minimum absolute atomic E-state index is 0.0775. The van der Waals surface area contributed by atoms with Gasteiger partial charge >= 0.3 is 6.09 Å². The van der Waals surface area contributed by atoms with Crippen LogP contribution in [0.4, 0.5) is 4.79 Å². The molecular weight excluding hydrogens is 530 g/mol. The van der Waals surface area contributed by atoms with Gasteiger partial charge in [-0.3, -0.25) is 9.59 Å². The highest BCUT2D eigenvalue weighted by molar-refractivity contribution is 5.91. The highest BCUT2D eigenvalue weighted by Gasteiger charge is 2.45. The van der Waals surface area contributed by atoms with Crippen LogP contribution in [0.1, 0.15) is 43.9 Å². The minimum Gasteiger partial charge on any atom is -0.445 e. The second kappa shape index (κ2) is 15.2. The maximum absolute atomic E-state index is 13.4. The molecule has 3 unspecified atom stereocenters. The number of nitrogens with one attached hydrogen (secondary N) is 3. The highest BCUT2D eigenvalue weighted by atomic mass is 16.6. The molecule has 1 aliphatic rings. The third-order valence-electron chi connectivity index (χ3n) is 7.20. The Hall–Kier alpha value is -4.17. The summed E-state index contributed by atoms with van der Waals surface area (Å²) in [5.41, 5.74) is 2.80. The zero-order valence-corrected chi connectivity index (χ0v) is 24.5. The van der Waals surface area contributed by atoms with Crippen molar-refractivity contribution >= 4 is 17.9 Å². The quantitative estimate of drug-likeness (QED) is 0.246. The van der Waals surface area contributed by atoms with E-state index in [1.807, 2.05) is 91.0 Å². The molecule has 1 fully saturated rings. The molecule has 3 N–H and O–H groups in total. The van der Waals surface area contributed by atoms with Gasteiger partial charge in [-0.25, -0.2) is 4.79 Å². The third-order valence-corrected chi connectivity index (χ3v) is 7.20. The van der Waals surface area contributed by atoms with Crippen LogP contribution < -0.4 is 16.0 Å². The summed E-state index contributed by atoms with van der Waals surface area (Å²) in [6.45, 7) is 6.02. The maximum Gasteiger partial charge on any atom is 0.408 e. The van der Waals surface area contributed by atoms with E-state index >= 15 is 0 Å². The summed E-state index contributed by atoms with van der Waals surface area (Å²) in [5.74, 6) is -0.300. The number of rotatable bonds is 14. The van der Waals surface area contributed by atoms with E-state index in [0.717, 1.165) is 23.1 Å². The fourth-order valence-electron chi connectivity index (χ4n) is 4.94. The first-order valence-corrected chi connectivity index (χ1v) is 14.6. The monoisotopic (exact) mass is 571 g/mol. The Kier molecular flexibility index (Phi) is 11.1. The van der Waals surface area contributed by atoms with Gasteiger partial charge in [0.2, 0.25) is 11.8 Å². The number of carbonyl (C=O) groups is 3. The zero-order valence-electron chi connectivity index (χ0n) is 24.5. The molecule has 0 bridgehead atoms. The number of alkyl carbamates (subject to hydrolysis) is 1. The van der Waals surface area contributed by atoms with Crippen LogP contribution in [-0.4, -0.2) is 48.2 Å². The van der Waals surface area contributed by atoms with Crippen molar-refractivity contribution in [2.75, 3.05) is 0 Å². The maximum atomic E-state index is 13.4. The van der Waals surface area contributed by atoms with E-state index in [1.165, 1.54) is 0 Å². The fourth-order valence-corrected chi connectivity index (χ4v) is 4.94. The lowest BCUT2D eigenvalue weighted by Gasteiger charge is -2.23.